The van der Waals surface area contributed by atoms with Crippen LogP contribution in [0.3, 0.4) is 0 Å². The first kappa shape index (κ1) is 21.9. The number of rotatable bonds is 5. The summed E-state index contributed by atoms with van der Waals surface area (Å²) in [5, 5.41) is 21.5. The van der Waals surface area contributed by atoms with Crippen molar-refractivity contribution < 1.29 is 29.3 Å². The van der Waals surface area contributed by atoms with E-state index in [0.717, 1.165) is 0 Å². The average Bonchev–Trinajstić information content (AvgIpc) is 2.83. The van der Waals surface area contributed by atoms with Gasteiger partial charge < -0.3 is 25.4 Å². The van der Waals surface area contributed by atoms with Gasteiger partial charge in [0.25, 0.3) is 0 Å². The van der Waals surface area contributed by atoms with Crippen molar-refractivity contribution in [2.75, 3.05) is 12.8 Å². The van der Waals surface area contributed by atoms with Crippen LogP contribution in [0.15, 0.2) is 35.9 Å². The molecule has 4 N–H and O–H groups in total. The van der Waals surface area contributed by atoms with Gasteiger partial charge in [-0.15, -0.1) is 0 Å². The van der Waals surface area contributed by atoms with E-state index in [1.54, 1.807) is 58.0 Å². The molecule has 0 amide bonds. The summed E-state index contributed by atoms with van der Waals surface area (Å²) in [7, 11) is 1.26. The quantitative estimate of drug-likeness (QED) is 0.398. The molecule has 0 aromatic heterocycles. The highest BCUT2D eigenvalue weighted by Gasteiger charge is 2.60. The molecule has 0 radical (unpaired) electrons. The van der Waals surface area contributed by atoms with Gasteiger partial charge >= 0.3 is 11.9 Å². The number of hydrogen-bond donors (Lipinski definition) is 3. The lowest BCUT2D eigenvalue weighted by Gasteiger charge is -2.35. The molecule has 0 saturated heterocycles. The van der Waals surface area contributed by atoms with Crippen LogP contribution >= 0.6 is 0 Å². The van der Waals surface area contributed by atoms with Crippen LogP contribution in [0.2, 0.25) is 0 Å². The molecule has 1 fully saturated rings. The van der Waals surface area contributed by atoms with Crippen molar-refractivity contribution in [1.82, 2.24) is 0 Å². The van der Waals surface area contributed by atoms with Gasteiger partial charge in [0.1, 0.15) is 6.10 Å². The predicted octanol–water partition coefficient (Wildman–Crippen LogP) is 1.93. The number of methoxy groups -OCH3 is 1. The highest BCUT2D eigenvalue weighted by atomic mass is 16.6. The van der Waals surface area contributed by atoms with Crippen molar-refractivity contribution in [2.45, 2.75) is 46.0 Å². The Morgan fingerprint density at radius 2 is 1.82 bits per heavy atom. The minimum absolute atomic E-state index is 0.250. The van der Waals surface area contributed by atoms with Crippen molar-refractivity contribution in [1.29, 1.82) is 0 Å². The van der Waals surface area contributed by atoms with Gasteiger partial charge in [-0.2, -0.15) is 0 Å². The minimum atomic E-state index is -1.18. The zero-order chi connectivity index (χ0) is 21.2. The topological polar surface area (TPSA) is 119 Å². The second kappa shape index (κ2) is 8.32. The zero-order valence-corrected chi connectivity index (χ0v) is 16.9. The van der Waals surface area contributed by atoms with E-state index in [0.29, 0.717) is 11.3 Å². The normalized spacial score (nSPS) is 27.9. The Bertz CT molecular complexity index is 753. The van der Waals surface area contributed by atoms with E-state index in [9.17, 15) is 19.8 Å². The van der Waals surface area contributed by atoms with Crippen LogP contribution in [0.5, 0.6) is 0 Å². The van der Waals surface area contributed by atoms with Crippen LogP contribution in [0.1, 0.15) is 38.1 Å². The highest BCUT2D eigenvalue weighted by molar-refractivity contribution is 5.90. The number of aliphatic hydroxyl groups is 2. The molecule has 1 aliphatic carbocycles. The maximum Gasteiger partial charge on any atom is 0.338 e. The van der Waals surface area contributed by atoms with E-state index in [2.05, 4.69) is 0 Å². The van der Waals surface area contributed by atoms with Gasteiger partial charge in [-0.1, -0.05) is 19.9 Å². The third-order valence-corrected chi connectivity index (χ3v) is 5.65. The number of anilines is 1. The lowest BCUT2D eigenvalue weighted by molar-refractivity contribution is -0.137. The molecule has 1 aliphatic rings. The minimum Gasteiger partial charge on any atom is -0.466 e. The van der Waals surface area contributed by atoms with E-state index >= 15 is 0 Å². The van der Waals surface area contributed by atoms with E-state index in [-0.39, 0.29) is 5.57 Å². The van der Waals surface area contributed by atoms with Gasteiger partial charge in [0.2, 0.25) is 0 Å². The summed E-state index contributed by atoms with van der Waals surface area (Å²) in [5.41, 5.74) is 5.91. The number of ether oxygens (including phenoxy) is 2. The predicted molar refractivity (Wildman–Crippen MR) is 104 cm³/mol. The Balaban J connectivity index is 2.40. The first-order valence-corrected chi connectivity index (χ1v) is 9.23. The first-order chi connectivity index (χ1) is 13.1. The Labute approximate surface area is 165 Å². The summed E-state index contributed by atoms with van der Waals surface area (Å²) < 4.78 is 10.5. The number of carbonyl (C=O) groups excluding carboxylic acids is 2. The second-order valence-electron chi connectivity index (χ2n) is 7.79. The van der Waals surface area contributed by atoms with Crippen LogP contribution in [-0.4, -0.2) is 47.6 Å². The molecule has 0 spiro atoms. The standard InChI is InChI=1S/C21H29NO6/c1-6-14(20(26)27-5)15-16(11(2)23)21(3,4)18(17(15)24)28-19(25)12-7-9-13(22)10-8-12/h6-11,15-18,23-24H,22H2,1-5H3/b14-6+/t11?,15-,16+,17+,18+/m1/s1. The fourth-order valence-electron chi connectivity index (χ4n) is 4.38. The molecule has 154 valence electrons. The summed E-state index contributed by atoms with van der Waals surface area (Å²) >= 11 is 0. The van der Waals surface area contributed by atoms with E-state index in [1.807, 2.05) is 0 Å². The molecule has 0 bridgehead atoms. The molecule has 1 aromatic carbocycles. The zero-order valence-electron chi connectivity index (χ0n) is 16.9. The fraction of sp³-hybridized carbons (Fsp3) is 0.524. The van der Waals surface area contributed by atoms with Crippen molar-refractivity contribution >= 4 is 17.6 Å². The second-order valence-corrected chi connectivity index (χ2v) is 7.79. The molecule has 0 aliphatic heterocycles. The van der Waals surface area contributed by atoms with E-state index in [1.165, 1.54) is 7.11 Å². The Morgan fingerprint density at radius 1 is 1.25 bits per heavy atom. The molecular weight excluding hydrogens is 362 g/mol. The van der Waals surface area contributed by atoms with E-state index in [4.69, 9.17) is 15.2 Å². The van der Waals surface area contributed by atoms with Gasteiger partial charge in [-0.3, -0.25) is 0 Å². The highest BCUT2D eigenvalue weighted by Crippen LogP contribution is 2.52. The molecule has 28 heavy (non-hydrogen) atoms. The lowest BCUT2D eigenvalue weighted by atomic mass is 9.73. The van der Waals surface area contributed by atoms with Crippen molar-refractivity contribution in [3.63, 3.8) is 0 Å². The van der Waals surface area contributed by atoms with Gasteiger partial charge in [-0.05, 0) is 38.1 Å². The maximum absolute atomic E-state index is 12.6. The molecule has 1 unspecified atom stereocenters. The number of aliphatic hydroxyl groups excluding tert-OH is 2. The summed E-state index contributed by atoms with van der Waals surface area (Å²) in [6.07, 6.45) is -1.40. The number of nitrogens with two attached hydrogens (primary N) is 1. The van der Waals surface area contributed by atoms with Gasteiger partial charge in [0.15, 0.2) is 0 Å². The Morgan fingerprint density at radius 3 is 2.29 bits per heavy atom. The first-order valence-electron chi connectivity index (χ1n) is 9.23. The summed E-state index contributed by atoms with van der Waals surface area (Å²) in [5.74, 6) is -2.46. The molecule has 1 aromatic rings. The van der Waals surface area contributed by atoms with Gasteiger partial charge in [-0.25, -0.2) is 9.59 Å². The largest absolute Gasteiger partial charge is 0.466 e. The number of allylic oxidation sites excluding steroid dienone is 1. The monoisotopic (exact) mass is 391 g/mol. The maximum atomic E-state index is 12.6. The van der Waals surface area contributed by atoms with Gasteiger partial charge in [0.05, 0.1) is 24.9 Å². The SMILES string of the molecule is C/C=C(/C(=O)OC)[C@H]1[C@H](O)[C@H](OC(=O)c2ccc(N)cc2)C(C)(C)[C@H]1C(C)O. The van der Waals surface area contributed by atoms with Crippen molar-refractivity contribution in [3.8, 4) is 0 Å². The van der Waals surface area contributed by atoms with E-state index < -0.39 is 47.5 Å². The van der Waals surface area contributed by atoms with Crippen LogP contribution in [0, 0.1) is 17.3 Å². The molecule has 5 atom stereocenters. The van der Waals surface area contributed by atoms with Crippen molar-refractivity contribution in [3.05, 3.63) is 41.5 Å². The molecule has 0 heterocycles. The van der Waals surface area contributed by atoms with Crippen LogP contribution in [0.4, 0.5) is 5.69 Å². The summed E-state index contributed by atoms with van der Waals surface area (Å²) in [4.78, 5) is 24.8. The molecule has 1 saturated carbocycles. The van der Waals surface area contributed by atoms with Crippen LogP contribution in [-0.2, 0) is 14.3 Å². The summed E-state index contributed by atoms with van der Waals surface area (Å²) in [6, 6.07) is 6.26. The number of nitrogen functional groups attached to an aromatic ring is 1. The van der Waals surface area contributed by atoms with Crippen molar-refractivity contribution in [2.24, 2.45) is 17.3 Å². The van der Waals surface area contributed by atoms with Gasteiger partial charge in [0, 0.05) is 28.5 Å². The number of carbonyl (C=O) groups is 2. The summed E-state index contributed by atoms with van der Waals surface area (Å²) in [6.45, 7) is 6.87. The Hall–Kier alpha value is -2.38. The molecule has 2 rings (SSSR count). The Kier molecular flexibility index (Phi) is 6.52. The average molecular weight is 391 g/mol. The molecular formula is C21H29NO6. The third-order valence-electron chi connectivity index (χ3n) is 5.65. The van der Waals surface area contributed by atoms with Crippen LogP contribution in [0.25, 0.3) is 0 Å². The fourth-order valence-corrected chi connectivity index (χ4v) is 4.38. The smallest absolute Gasteiger partial charge is 0.338 e. The molecule has 7 nitrogen and oxygen atoms in total. The van der Waals surface area contributed by atoms with Crippen LogP contribution < -0.4 is 5.73 Å². The third kappa shape index (κ3) is 3.91. The lowest BCUT2D eigenvalue weighted by Crippen LogP contribution is -2.40. The number of esters is 2. The number of hydrogen-bond acceptors (Lipinski definition) is 7. The molecule has 7 heteroatoms. The number of benzene rings is 1.